The Morgan fingerprint density at radius 3 is 2.31 bits per heavy atom. The van der Waals surface area contributed by atoms with Crippen LogP contribution in [0.1, 0.15) is 33.3 Å². The molecule has 230 valence electrons. The van der Waals surface area contributed by atoms with Crippen LogP contribution in [0.3, 0.4) is 0 Å². The van der Waals surface area contributed by atoms with Crippen LogP contribution in [0.2, 0.25) is 5.02 Å². The van der Waals surface area contributed by atoms with E-state index in [1.54, 1.807) is 36.5 Å². The number of hydrogen-bond acceptors (Lipinski definition) is 6. The Morgan fingerprint density at radius 2 is 1.56 bits per heavy atom. The number of fused-ring (bicyclic) bond motifs is 4. The first-order chi connectivity index (χ1) is 21.6. The van der Waals surface area contributed by atoms with Gasteiger partial charge in [0.25, 0.3) is 0 Å². The molecule has 1 heterocycles. The second kappa shape index (κ2) is 12.3. The minimum absolute atomic E-state index is 0.0433. The lowest BCUT2D eigenvalue weighted by atomic mass is 9.84. The topological polar surface area (TPSA) is 74.7 Å². The van der Waals surface area contributed by atoms with Crippen molar-refractivity contribution in [1.82, 2.24) is 4.98 Å². The number of aromatic nitrogens is 1. The minimum Gasteiger partial charge on any atom is -0.467 e. The second-order valence-corrected chi connectivity index (χ2v) is 14.0. The van der Waals surface area contributed by atoms with Crippen molar-refractivity contribution in [2.24, 2.45) is 5.41 Å². The van der Waals surface area contributed by atoms with E-state index in [4.69, 9.17) is 30.2 Å². The lowest BCUT2D eigenvalue weighted by Crippen LogP contribution is -2.13. The Hall–Kier alpha value is -4.17. The van der Waals surface area contributed by atoms with Gasteiger partial charge in [0.2, 0.25) is 0 Å². The second-order valence-electron chi connectivity index (χ2n) is 12.1. The van der Waals surface area contributed by atoms with Crippen LogP contribution in [0.5, 0.6) is 11.5 Å². The van der Waals surface area contributed by atoms with Gasteiger partial charge in [-0.15, -0.1) is 0 Å². The molecule has 0 spiro atoms. The van der Waals surface area contributed by atoms with Crippen molar-refractivity contribution in [2.45, 2.75) is 39.0 Å². The fraction of sp³-hybridized carbons (Fsp3) is 0.216. The summed E-state index contributed by atoms with van der Waals surface area (Å²) in [5, 5.41) is 5.36. The molecule has 1 aromatic heterocycles. The van der Waals surface area contributed by atoms with E-state index in [2.05, 4.69) is 32.9 Å². The molecule has 45 heavy (non-hydrogen) atoms. The molecule has 6 rings (SSSR count). The van der Waals surface area contributed by atoms with Crippen LogP contribution in [0, 0.1) is 5.41 Å². The first-order valence-corrected chi connectivity index (χ1v) is 16.6. The average molecular weight is 640 g/mol. The lowest BCUT2D eigenvalue weighted by Gasteiger charge is -2.25. The van der Waals surface area contributed by atoms with Crippen molar-refractivity contribution < 1.29 is 22.1 Å². The standard InChI is InChI=1S/C37H34ClNO5S/c1-5-42-23-43-36-30(20-24-12-9-10-15-26(24)31(36)22-37(2,3)4)35-34-28(18-19-39-35)27-16-11-17-32(38)29(27)21-33(34)44-45(40,41)25-13-7-6-8-14-25/h6-21H,5,22-23H2,1-4H3. The van der Waals surface area contributed by atoms with Crippen LogP contribution in [0.25, 0.3) is 43.6 Å². The highest BCUT2D eigenvalue weighted by molar-refractivity contribution is 7.87. The van der Waals surface area contributed by atoms with Crippen LogP contribution in [-0.4, -0.2) is 26.8 Å². The first kappa shape index (κ1) is 30.8. The van der Waals surface area contributed by atoms with Gasteiger partial charge in [0.1, 0.15) is 10.6 Å². The van der Waals surface area contributed by atoms with Crippen molar-refractivity contribution in [1.29, 1.82) is 0 Å². The predicted molar refractivity (Wildman–Crippen MR) is 182 cm³/mol. The van der Waals surface area contributed by atoms with E-state index in [9.17, 15) is 8.42 Å². The summed E-state index contributed by atoms with van der Waals surface area (Å²) in [6.45, 7) is 9.02. The van der Waals surface area contributed by atoms with Crippen LogP contribution < -0.4 is 8.92 Å². The van der Waals surface area contributed by atoms with Crippen molar-refractivity contribution >= 4 is 54.0 Å². The maximum Gasteiger partial charge on any atom is 0.339 e. The number of halogens is 1. The number of ether oxygens (including phenoxy) is 2. The molecule has 6 nitrogen and oxygen atoms in total. The predicted octanol–water partition coefficient (Wildman–Crippen LogP) is 9.59. The number of benzene rings is 5. The maximum absolute atomic E-state index is 13.6. The normalized spacial score (nSPS) is 12.2. The average Bonchev–Trinajstić information content (AvgIpc) is 3.02. The summed E-state index contributed by atoms with van der Waals surface area (Å²) < 4.78 is 45.3. The van der Waals surface area contributed by atoms with Gasteiger partial charge in [0, 0.05) is 34.3 Å². The molecule has 0 saturated heterocycles. The summed E-state index contributed by atoms with van der Waals surface area (Å²) in [6.07, 6.45) is 2.44. The molecule has 0 N–H and O–H groups in total. The van der Waals surface area contributed by atoms with E-state index in [-0.39, 0.29) is 22.9 Å². The van der Waals surface area contributed by atoms with Crippen molar-refractivity contribution in [2.75, 3.05) is 13.4 Å². The van der Waals surface area contributed by atoms with Gasteiger partial charge < -0.3 is 13.7 Å². The number of hydrogen-bond donors (Lipinski definition) is 0. The smallest absolute Gasteiger partial charge is 0.339 e. The third-order valence-electron chi connectivity index (χ3n) is 7.60. The van der Waals surface area contributed by atoms with Gasteiger partial charge in [0.15, 0.2) is 12.5 Å². The fourth-order valence-corrected chi connectivity index (χ4v) is 6.90. The first-order valence-electron chi connectivity index (χ1n) is 14.8. The summed E-state index contributed by atoms with van der Waals surface area (Å²) in [7, 11) is -4.20. The fourth-order valence-electron chi connectivity index (χ4n) is 5.72. The third-order valence-corrected chi connectivity index (χ3v) is 9.18. The summed E-state index contributed by atoms with van der Waals surface area (Å²) in [5.41, 5.74) is 2.20. The molecule has 6 aromatic rings. The molecule has 0 saturated carbocycles. The van der Waals surface area contributed by atoms with Gasteiger partial charge in [-0.3, -0.25) is 4.98 Å². The minimum atomic E-state index is -4.20. The zero-order chi connectivity index (χ0) is 31.8. The number of pyridine rings is 1. The molecule has 0 fully saturated rings. The molecule has 0 aliphatic heterocycles. The molecule has 0 unspecified atom stereocenters. The summed E-state index contributed by atoms with van der Waals surface area (Å²) in [5.74, 6) is 0.763. The zero-order valence-electron chi connectivity index (χ0n) is 25.6. The van der Waals surface area contributed by atoms with Gasteiger partial charge in [0.05, 0.1) is 11.1 Å². The highest BCUT2D eigenvalue weighted by atomic mass is 35.5. The molecule has 0 atom stereocenters. The zero-order valence-corrected chi connectivity index (χ0v) is 27.2. The highest BCUT2D eigenvalue weighted by Gasteiger charge is 2.26. The van der Waals surface area contributed by atoms with Gasteiger partial charge in [-0.25, -0.2) is 0 Å². The van der Waals surface area contributed by atoms with E-state index in [1.807, 2.05) is 43.3 Å². The SMILES string of the molecule is CCOCOc1c(-c2nccc3c2c(OS(=O)(=O)c2ccccc2)cc2c(Cl)cccc23)cc2ccccc2c1CC(C)(C)C. The number of nitrogens with zero attached hydrogens (tertiary/aromatic N) is 1. The van der Waals surface area contributed by atoms with E-state index in [1.165, 1.54) is 12.1 Å². The van der Waals surface area contributed by atoms with Gasteiger partial charge in [-0.05, 0) is 76.7 Å². The van der Waals surface area contributed by atoms with E-state index < -0.39 is 10.1 Å². The maximum atomic E-state index is 13.6. The van der Waals surface area contributed by atoms with Crippen LogP contribution >= 0.6 is 11.6 Å². The van der Waals surface area contributed by atoms with Crippen molar-refractivity contribution in [3.8, 4) is 22.8 Å². The highest BCUT2D eigenvalue weighted by Crippen LogP contribution is 2.47. The molecule has 5 aromatic carbocycles. The Bertz CT molecular complexity index is 2140. The van der Waals surface area contributed by atoms with E-state index in [0.717, 1.165) is 33.5 Å². The largest absolute Gasteiger partial charge is 0.467 e. The molecule has 8 heteroatoms. The Balaban J connectivity index is 1.71. The van der Waals surface area contributed by atoms with Crippen LogP contribution in [0.15, 0.2) is 102 Å². The van der Waals surface area contributed by atoms with E-state index >= 15 is 0 Å². The van der Waals surface area contributed by atoms with Gasteiger partial charge >= 0.3 is 10.1 Å². The third kappa shape index (κ3) is 6.21. The van der Waals surface area contributed by atoms with Crippen LogP contribution in [0.4, 0.5) is 0 Å². The molecular weight excluding hydrogens is 606 g/mol. The summed E-state index contributed by atoms with van der Waals surface area (Å²) in [4.78, 5) is 4.92. The lowest BCUT2D eigenvalue weighted by molar-refractivity contribution is 0.0221. The molecule has 0 amide bonds. The number of rotatable bonds is 9. The van der Waals surface area contributed by atoms with E-state index in [0.29, 0.717) is 39.4 Å². The Kier molecular flexibility index (Phi) is 8.44. The summed E-state index contributed by atoms with van der Waals surface area (Å²) in [6, 6.07) is 27.5. The van der Waals surface area contributed by atoms with Crippen molar-refractivity contribution in [3.63, 3.8) is 0 Å². The van der Waals surface area contributed by atoms with Crippen molar-refractivity contribution in [3.05, 3.63) is 108 Å². The summed E-state index contributed by atoms with van der Waals surface area (Å²) >= 11 is 6.66. The molecule has 0 aliphatic rings. The van der Waals surface area contributed by atoms with Gasteiger partial charge in [-0.1, -0.05) is 87.0 Å². The monoisotopic (exact) mass is 639 g/mol. The van der Waals surface area contributed by atoms with Gasteiger partial charge in [-0.2, -0.15) is 8.42 Å². The molecular formula is C37H34ClNO5S. The molecule has 0 aliphatic carbocycles. The molecule has 0 radical (unpaired) electrons. The Labute approximate surface area is 268 Å². The molecule has 0 bridgehead atoms. The quantitative estimate of drug-likeness (QED) is 0.0679. The Morgan fingerprint density at radius 1 is 0.822 bits per heavy atom. The van der Waals surface area contributed by atoms with Crippen LogP contribution in [-0.2, 0) is 21.3 Å².